The van der Waals surface area contributed by atoms with E-state index in [2.05, 4.69) is 12.2 Å². The van der Waals surface area contributed by atoms with Gasteiger partial charge in [0.25, 0.3) is 0 Å². The lowest BCUT2D eigenvalue weighted by molar-refractivity contribution is 0.337. The molecule has 0 radical (unpaired) electrons. The van der Waals surface area contributed by atoms with Gasteiger partial charge in [0.2, 0.25) is 0 Å². The molecule has 1 heterocycles. The number of rotatable bonds is 4. The van der Waals surface area contributed by atoms with Crippen LogP contribution in [0.4, 0.5) is 0 Å². The standard InChI is InChI=1S/C14H19Cl2NO2S/c1-3-13(11-5-4-10(15)8-12(11)16)17-14(2)6-7-20(18,19)9-14/h4-5,8,13,17H,3,6-7,9H2,1-2H3. The molecule has 0 amide bonds. The SMILES string of the molecule is CCC(NC1(C)CCS(=O)(=O)C1)c1ccc(Cl)cc1Cl. The van der Waals surface area contributed by atoms with Crippen molar-refractivity contribution in [3.05, 3.63) is 33.8 Å². The summed E-state index contributed by atoms with van der Waals surface area (Å²) in [7, 11) is -2.92. The Morgan fingerprint density at radius 2 is 2.10 bits per heavy atom. The molecule has 1 aliphatic rings. The molecule has 112 valence electrons. The molecule has 3 nitrogen and oxygen atoms in total. The van der Waals surface area contributed by atoms with Crippen LogP contribution in [0.15, 0.2) is 18.2 Å². The number of halogens is 2. The van der Waals surface area contributed by atoms with Crippen LogP contribution in [0, 0.1) is 0 Å². The monoisotopic (exact) mass is 335 g/mol. The molecule has 1 aliphatic heterocycles. The van der Waals surface area contributed by atoms with Crippen LogP contribution in [0.1, 0.15) is 38.3 Å². The van der Waals surface area contributed by atoms with Crippen LogP contribution >= 0.6 is 23.2 Å². The summed E-state index contributed by atoms with van der Waals surface area (Å²) in [5.41, 5.74) is 0.576. The largest absolute Gasteiger partial charge is 0.304 e. The fraction of sp³-hybridized carbons (Fsp3) is 0.571. The highest BCUT2D eigenvalue weighted by Crippen LogP contribution is 2.32. The van der Waals surface area contributed by atoms with Gasteiger partial charge in [0.15, 0.2) is 9.84 Å². The molecule has 1 fully saturated rings. The van der Waals surface area contributed by atoms with Gasteiger partial charge >= 0.3 is 0 Å². The van der Waals surface area contributed by atoms with Gasteiger partial charge in [-0.15, -0.1) is 0 Å². The molecule has 2 atom stereocenters. The minimum Gasteiger partial charge on any atom is -0.304 e. The van der Waals surface area contributed by atoms with Crippen LogP contribution in [-0.4, -0.2) is 25.5 Å². The highest BCUT2D eigenvalue weighted by atomic mass is 35.5. The molecule has 1 saturated heterocycles. The molecule has 0 bridgehead atoms. The molecule has 0 saturated carbocycles. The normalized spacial score (nSPS) is 26.6. The third kappa shape index (κ3) is 3.67. The van der Waals surface area contributed by atoms with Gasteiger partial charge in [0.05, 0.1) is 11.5 Å². The van der Waals surface area contributed by atoms with Crippen molar-refractivity contribution in [2.24, 2.45) is 0 Å². The predicted octanol–water partition coefficient (Wildman–Crippen LogP) is 3.61. The van der Waals surface area contributed by atoms with Crippen molar-refractivity contribution in [2.75, 3.05) is 11.5 Å². The second-order valence-corrected chi connectivity index (χ2v) is 8.70. The second kappa shape index (κ2) is 5.84. The minimum absolute atomic E-state index is 0.0260. The molecule has 2 unspecified atom stereocenters. The summed E-state index contributed by atoms with van der Waals surface area (Å²) in [5.74, 6) is 0.434. The quantitative estimate of drug-likeness (QED) is 0.914. The Morgan fingerprint density at radius 3 is 2.60 bits per heavy atom. The third-order valence-electron chi connectivity index (χ3n) is 3.77. The molecule has 2 rings (SSSR count). The van der Waals surface area contributed by atoms with E-state index in [0.717, 1.165) is 12.0 Å². The van der Waals surface area contributed by atoms with Crippen LogP contribution in [0.3, 0.4) is 0 Å². The number of benzene rings is 1. The van der Waals surface area contributed by atoms with Crippen LogP contribution in [0.2, 0.25) is 10.0 Å². The maximum absolute atomic E-state index is 11.7. The Balaban J connectivity index is 2.21. The molecule has 0 aromatic heterocycles. The Bertz CT molecular complexity index is 603. The van der Waals surface area contributed by atoms with Crippen LogP contribution in [0.25, 0.3) is 0 Å². The van der Waals surface area contributed by atoms with Crippen LogP contribution in [0.5, 0.6) is 0 Å². The number of sulfone groups is 1. The van der Waals surface area contributed by atoms with E-state index >= 15 is 0 Å². The van der Waals surface area contributed by atoms with E-state index in [4.69, 9.17) is 23.2 Å². The highest BCUT2D eigenvalue weighted by Gasteiger charge is 2.39. The lowest BCUT2D eigenvalue weighted by Crippen LogP contribution is -2.45. The van der Waals surface area contributed by atoms with Crippen molar-refractivity contribution in [2.45, 2.75) is 38.3 Å². The summed E-state index contributed by atoms with van der Waals surface area (Å²) in [6.45, 7) is 4.01. The third-order valence-corrected chi connectivity index (χ3v) is 6.24. The Labute approximate surface area is 130 Å². The molecule has 1 aromatic carbocycles. The van der Waals surface area contributed by atoms with Crippen molar-refractivity contribution in [1.82, 2.24) is 5.32 Å². The van der Waals surface area contributed by atoms with E-state index in [0.29, 0.717) is 16.5 Å². The Hall–Kier alpha value is -0.290. The maximum Gasteiger partial charge on any atom is 0.152 e. The van der Waals surface area contributed by atoms with Gasteiger partial charge in [0.1, 0.15) is 0 Å². The number of hydrogen-bond acceptors (Lipinski definition) is 3. The van der Waals surface area contributed by atoms with E-state index in [1.54, 1.807) is 12.1 Å². The summed E-state index contributed by atoms with van der Waals surface area (Å²) in [4.78, 5) is 0. The minimum atomic E-state index is -2.92. The van der Waals surface area contributed by atoms with Gasteiger partial charge in [0, 0.05) is 21.6 Å². The van der Waals surface area contributed by atoms with E-state index in [-0.39, 0.29) is 23.1 Å². The molecule has 1 N–H and O–H groups in total. The summed E-state index contributed by atoms with van der Waals surface area (Å²) in [6.07, 6.45) is 1.47. The first-order valence-corrected chi connectivity index (χ1v) is 9.25. The van der Waals surface area contributed by atoms with Gasteiger partial charge in [-0.3, -0.25) is 0 Å². The summed E-state index contributed by atoms with van der Waals surface area (Å²) >= 11 is 12.2. The zero-order valence-corrected chi connectivity index (χ0v) is 13.9. The van der Waals surface area contributed by atoms with Crippen LogP contribution < -0.4 is 5.32 Å². The Morgan fingerprint density at radius 1 is 1.40 bits per heavy atom. The Kier molecular flexibility index (Phi) is 4.69. The van der Waals surface area contributed by atoms with Crippen molar-refractivity contribution < 1.29 is 8.42 Å². The average molecular weight is 336 g/mol. The smallest absolute Gasteiger partial charge is 0.152 e. The van der Waals surface area contributed by atoms with Gasteiger partial charge in [-0.25, -0.2) is 8.42 Å². The fourth-order valence-corrected chi connectivity index (χ4v) is 5.37. The van der Waals surface area contributed by atoms with Gasteiger partial charge in [-0.1, -0.05) is 36.2 Å². The maximum atomic E-state index is 11.7. The number of nitrogens with one attached hydrogen (secondary N) is 1. The first kappa shape index (κ1) is 16.1. The molecule has 1 aromatic rings. The lowest BCUT2D eigenvalue weighted by Gasteiger charge is -2.31. The lowest BCUT2D eigenvalue weighted by atomic mass is 9.96. The van der Waals surface area contributed by atoms with E-state index in [1.165, 1.54) is 0 Å². The van der Waals surface area contributed by atoms with Crippen LogP contribution in [-0.2, 0) is 9.84 Å². The van der Waals surface area contributed by atoms with Crippen molar-refractivity contribution in [3.63, 3.8) is 0 Å². The molecule has 0 spiro atoms. The topological polar surface area (TPSA) is 46.2 Å². The van der Waals surface area contributed by atoms with Crippen molar-refractivity contribution in [3.8, 4) is 0 Å². The molecule has 20 heavy (non-hydrogen) atoms. The summed E-state index contributed by atoms with van der Waals surface area (Å²) in [6, 6.07) is 5.45. The molecule has 6 heteroatoms. The molecular weight excluding hydrogens is 317 g/mol. The summed E-state index contributed by atoms with van der Waals surface area (Å²) < 4.78 is 23.4. The molecule has 0 aliphatic carbocycles. The first-order valence-electron chi connectivity index (χ1n) is 6.68. The zero-order valence-electron chi connectivity index (χ0n) is 11.6. The molecular formula is C14H19Cl2NO2S. The second-order valence-electron chi connectivity index (χ2n) is 5.67. The van der Waals surface area contributed by atoms with E-state index in [9.17, 15) is 8.42 Å². The van der Waals surface area contributed by atoms with E-state index in [1.807, 2.05) is 13.0 Å². The zero-order chi connectivity index (χ0) is 15.0. The number of hydrogen-bond donors (Lipinski definition) is 1. The van der Waals surface area contributed by atoms with Gasteiger partial charge in [-0.05, 0) is 37.5 Å². The fourth-order valence-electron chi connectivity index (χ4n) is 2.73. The van der Waals surface area contributed by atoms with Crippen molar-refractivity contribution >= 4 is 33.0 Å². The highest BCUT2D eigenvalue weighted by molar-refractivity contribution is 7.91. The van der Waals surface area contributed by atoms with E-state index < -0.39 is 9.84 Å². The summed E-state index contributed by atoms with van der Waals surface area (Å²) in [5, 5.41) is 4.68. The predicted molar refractivity (Wildman–Crippen MR) is 84.3 cm³/mol. The van der Waals surface area contributed by atoms with Gasteiger partial charge in [-0.2, -0.15) is 0 Å². The van der Waals surface area contributed by atoms with Crippen molar-refractivity contribution in [1.29, 1.82) is 0 Å². The first-order chi connectivity index (χ1) is 9.25. The van der Waals surface area contributed by atoms with Gasteiger partial charge < -0.3 is 5.32 Å². The average Bonchev–Trinajstić information content (AvgIpc) is 2.61.